The highest BCUT2D eigenvalue weighted by Crippen LogP contribution is 2.34. The summed E-state index contributed by atoms with van der Waals surface area (Å²) in [6, 6.07) is 33.0. The largest absolute Gasteiger partial charge is 0.285 e. The van der Waals surface area contributed by atoms with Gasteiger partial charge in [-0.15, -0.1) is 4.36 Å². The van der Waals surface area contributed by atoms with E-state index in [1.54, 1.807) is 103 Å². The molecule has 4 nitrogen and oxygen atoms in total. The van der Waals surface area contributed by atoms with Gasteiger partial charge < -0.3 is 0 Å². The van der Waals surface area contributed by atoms with E-state index >= 15 is 0 Å². The van der Waals surface area contributed by atoms with Crippen LogP contribution in [0.3, 0.4) is 0 Å². The summed E-state index contributed by atoms with van der Waals surface area (Å²) in [5, 5.41) is -0.178. The maximum absolute atomic E-state index is 14.4. The fourth-order valence-corrected chi connectivity index (χ4v) is 6.24. The van der Waals surface area contributed by atoms with Crippen molar-refractivity contribution in [2.45, 2.75) is 14.7 Å². The molecule has 1 amide bonds. The predicted molar refractivity (Wildman–Crippen MR) is 127 cm³/mol. The van der Waals surface area contributed by atoms with Gasteiger partial charge in [-0.2, -0.15) is 0 Å². The molecule has 0 aliphatic carbocycles. The quantitative estimate of drug-likeness (QED) is 0.328. The maximum Gasteiger partial charge on any atom is 0.285 e. The van der Waals surface area contributed by atoms with Crippen molar-refractivity contribution < 1.29 is 13.8 Å². The molecule has 0 spiro atoms. The second kappa shape index (κ2) is 9.77. The van der Waals surface area contributed by atoms with Gasteiger partial charge in [-0.05, 0) is 48.2 Å². The molecular formula is C26H19NO3S2. The standard InChI is InChI=1S/C26H19NO3S2/c28-25(20-12-4-1-5-13-20)27-32(30,22-16-8-3-9-17-22)24-19-11-10-18-23(24)31-26(29)21-14-6-2-7-15-21/h1-19H. The van der Waals surface area contributed by atoms with Crippen molar-refractivity contribution in [3.63, 3.8) is 0 Å². The van der Waals surface area contributed by atoms with Gasteiger partial charge in [-0.3, -0.25) is 9.59 Å². The van der Waals surface area contributed by atoms with E-state index in [-0.39, 0.29) is 5.12 Å². The van der Waals surface area contributed by atoms with Crippen molar-refractivity contribution in [2.75, 3.05) is 0 Å². The van der Waals surface area contributed by atoms with Crippen LogP contribution in [0.15, 0.2) is 134 Å². The molecule has 1 atom stereocenters. The maximum atomic E-state index is 14.4. The Kier molecular flexibility index (Phi) is 6.63. The van der Waals surface area contributed by atoms with Crippen molar-refractivity contribution in [3.8, 4) is 0 Å². The van der Waals surface area contributed by atoms with E-state index in [2.05, 4.69) is 4.36 Å². The Hall–Kier alpha value is -3.48. The summed E-state index contributed by atoms with van der Waals surface area (Å²) < 4.78 is 18.6. The van der Waals surface area contributed by atoms with Crippen LogP contribution in [0, 0.1) is 0 Å². The number of amides is 1. The lowest BCUT2D eigenvalue weighted by atomic mass is 10.2. The van der Waals surface area contributed by atoms with Crippen molar-refractivity contribution in [1.82, 2.24) is 0 Å². The molecule has 4 aromatic carbocycles. The van der Waals surface area contributed by atoms with Crippen molar-refractivity contribution in [2.24, 2.45) is 4.36 Å². The van der Waals surface area contributed by atoms with E-state index in [9.17, 15) is 13.8 Å². The minimum absolute atomic E-state index is 0.178. The number of nitrogens with zero attached hydrogens (tertiary/aromatic N) is 1. The Labute approximate surface area is 191 Å². The molecular weight excluding hydrogens is 438 g/mol. The molecule has 0 radical (unpaired) electrons. The molecule has 4 rings (SSSR count). The Morgan fingerprint density at radius 2 is 1.12 bits per heavy atom. The van der Waals surface area contributed by atoms with Crippen LogP contribution in [0.4, 0.5) is 0 Å². The first-order chi connectivity index (χ1) is 15.6. The van der Waals surface area contributed by atoms with E-state index < -0.39 is 15.6 Å². The van der Waals surface area contributed by atoms with Crippen LogP contribution >= 0.6 is 11.8 Å². The van der Waals surface area contributed by atoms with Gasteiger partial charge in [0.25, 0.3) is 5.91 Å². The van der Waals surface area contributed by atoms with Gasteiger partial charge >= 0.3 is 0 Å². The zero-order valence-electron chi connectivity index (χ0n) is 17.0. The molecule has 0 aliphatic heterocycles. The first kappa shape index (κ1) is 21.7. The summed E-state index contributed by atoms with van der Waals surface area (Å²) in [7, 11) is -3.35. The minimum Gasteiger partial charge on any atom is -0.281 e. The number of hydrogen-bond donors (Lipinski definition) is 0. The van der Waals surface area contributed by atoms with E-state index in [0.29, 0.717) is 25.8 Å². The molecule has 6 heteroatoms. The zero-order chi connectivity index (χ0) is 22.4. The Morgan fingerprint density at radius 3 is 1.75 bits per heavy atom. The van der Waals surface area contributed by atoms with Crippen LogP contribution in [-0.2, 0) is 9.73 Å². The zero-order valence-corrected chi connectivity index (χ0v) is 18.6. The number of hydrogen-bond acceptors (Lipinski definition) is 4. The molecule has 0 heterocycles. The van der Waals surface area contributed by atoms with Crippen molar-refractivity contribution >= 4 is 32.5 Å². The number of benzene rings is 4. The molecule has 4 aromatic rings. The molecule has 0 bridgehead atoms. The Balaban J connectivity index is 1.85. The summed E-state index contributed by atoms with van der Waals surface area (Å²) in [6.45, 7) is 0. The lowest BCUT2D eigenvalue weighted by Crippen LogP contribution is -2.08. The van der Waals surface area contributed by atoms with Crippen LogP contribution in [0.1, 0.15) is 20.7 Å². The molecule has 1 unspecified atom stereocenters. The van der Waals surface area contributed by atoms with E-state index in [4.69, 9.17) is 0 Å². The fraction of sp³-hybridized carbons (Fsp3) is 0. The summed E-state index contributed by atoms with van der Waals surface area (Å²) in [5.74, 6) is -0.575. The van der Waals surface area contributed by atoms with Gasteiger partial charge in [0, 0.05) is 16.0 Å². The number of rotatable bonds is 5. The Bertz CT molecular complexity index is 1360. The van der Waals surface area contributed by atoms with Crippen LogP contribution in [0.2, 0.25) is 0 Å². The first-order valence-electron chi connectivity index (χ1n) is 9.86. The molecule has 0 aromatic heterocycles. The van der Waals surface area contributed by atoms with E-state index in [0.717, 1.165) is 11.8 Å². The smallest absolute Gasteiger partial charge is 0.281 e. The highest BCUT2D eigenvalue weighted by molar-refractivity contribution is 8.14. The van der Waals surface area contributed by atoms with Gasteiger partial charge in [-0.1, -0.05) is 78.9 Å². The molecule has 32 heavy (non-hydrogen) atoms. The minimum atomic E-state index is -3.35. The third kappa shape index (κ3) is 4.72. The summed E-state index contributed by atoms with van der Waals surface area (Å²) in [4.78, 5) is 27.0. The normalized spacial score (nSPS) is 12.5. The summed E-state index contributed by atoms with van der Waals surface area (Å²) >= 11 is 0.978. The van der Waals surface area contributed by atoms with Gasteiger partial charge in [0.2, 0.25) is 5.12 Å². The van der Waals surface area contributed by atoms with Gasteiger partial charge in [-0.25, -0.2) is 4.21 Å². The van der Waals surface area contributed by atoms with Crippen molar-refractivity contribution in [1.29, 1.82) is 0 Å². The Morgan fingerprint density at radius 1 is 0.625 bits per heavy atom. The monoisotopic (exact) mass is 457 g/mol. The second-order valence-electron chi connectivity index (χ2n) is 6.80. The van der Waals surface area contributed by atoms with Crippen LogP contribution in [0.25, 0.3) is 0 Å². The van der Waals surface area contributed by atoms with Gasteiger partial charge in [0.05, 0.1) is 9.79 Å². The third-order valence-electron chi connectivity index (χ3n) is 4.65. The van der Waals surface area contributed by atoms with Crippen LogP contribution in [-0.4, -0.2) is 15.2 Å². The lowest BCUT2D eigenvalue weighted by Gasteiger charge is -2.14. The third-order valence-corrected chi connectivity index (χ3v) is 8.07. The molecule has 0 fully saturated rings. The highest BCUT2D eigenvalue weighted by Gasteiger charge is 2.23. The number of thioether (sulfide) groups is 1. The number of carbonyl (C=O) groups excluding carboxylic acids is 2. The van der Waals surface area contributed by atoms with Crippen LogP contribution < -0.4 is 0 Å². The molecule has 0 aliphatic rings. The first-order valence-corrected chi connectivity index (χ1v) is 12.2. The second-order valence-corrected chi connectivity index (χ2v) is 9.96. The molecule has 0 saturated carbocycles. The number of carbonyl (C=O) groups is 2. The molecule has 0 N–H and O–H groups in total. The van der Waals surface area contributed by atoms with Crippen LogP contribution in [0.5, 0.6) is 0 Å². The average Bonchev–Trinajstić information content (AvgIpc) is 2.86. The fourth-order valence-electron chi connectivity index (χ4n) is 3.08. The topological polar surface area (TPSA) is 63.6 Å². The van der Waals surface area contributed by atoms with Gasteiger partial charge in [0.15, 0.2) is 0 Å². The lowest BCUT2D eigenvalue weighted by molar-refractivity contribution is 0.100. The molecule has 0 saturated heterocycles. The van der Waals surface area contributed by atoms with E-state index in [1.165, 1.54) is 0 Å². The molecule has 158 valence electrons. The summed E-state index contributed by atoms with van der Waals surface area (Å²) in [6.07, 6.45) is 0. The van der Waals surface area contributed by atoms with Gasteiger partial charge in [0.1, 0.15) is 9.73 Å². The highest BCUT2D eigenvalue weighted by atomic mass is 32.2. The SMILES string of the molecule is O=C(N=S(=O)(c1ccccc1)c1ccccc1SC(=O)c1ccccc1)c1ccccc1. The van der Waals surface area contributed by atoms with Crippen molar-refractivity contribution in [3.05, 3.63) is 126 Å². The average molecular weight is 458 g/mol. The predicted octanol–water partition coefficient (Wildman–Crippen LogP) is 6.35. The van der Waals surface area contributed by atoms with E-state index in [1.807, 2.05) is 12.1 Å². The summed E-state index contributed by atoms with van der Waals surface area (Å²) in [5.41, 5.74) is 0.887.